The SMILES string of the molecule is CC1CS(=O)(=O)CCN1c1nc2c(s1)CCCC2C(=O)O. The smallest absolute Gasteiger partial charge is 0.312 e. The van der Waals surface area contributed by atoms with Gasteiger partial charge in [0.1, 0.15) is 5.92 Å². The van der Waals surface area contributed by atoms with Crippen molar-refractivity contribution in [1.82, 2.24) is 4.98 Å². The number of carbonyl (C=O) groups is 1. The van der Waals surface area contributed by atoms with Crippen LogP contribution >= 0.6 is 11.3 Å². The second-order valence-corrected chi connectivity index (χ2v) is 9.04. The van der Waals surface area contributed by atoms with Gasteiger partial charge < -0.3 is 10.0 Å². The highest BCUT2D eigenvalue weighted by atomic mass is 32.2. The molecule has 1 aliphatic heterocycles. The van der Waals surface area contributed by atoms with Crippen molar-refractivity contribution >= 4 is 32.3 Å². The third-order valence-electron chi connectivity index (χ3n) is 4.16. The van der Waals surface area contributed by atoms with Crippen LogP contribution in [0, 0.1) is 0 Å². The maximum Gasteiger partial charge on any atom is 0.312 e. The van der Waals surface area contributed by atoms with Crippen molar-refractivity contribution in [3.8, 4) is 0 Å². The lowest BCUT2D eigenvalue weighted by atomic mass is 9.91. The molecule has 2 unspecified atom stereocenters. The van der Waals surface area contributed by atoms with Crippen LogP contribution < -0.4 is 4.90 Å². The maximum atomic E-state index is 11.7. The van der Waals surface area contributed by atoms with Gasteiger partial charge in [0.15, 0.2) is 15.0 Å². The summed E-state index contributed by atoms with van der Waals surface area (Å²) in [6.45, 7) is 2.32. The topological polar surface area (TPSA) is 87.6 Å². The zero-order valence-corrected chi connectivity index (χ0v) is 13.4. The standard InChI is InChI=1S/C13H18N2O4S2/c1-8-7-21(18,19)6-5-15(8)13-14-11-9(12(16)17)3-2-4-10(11)20-13/h8-9H,2-7H2,1H3,(H,16,17). The average Bonchev–Trinajstić information content (AvgIpc) is 2.80. The van der Waals surface area contributed by atoms with Crippen LogP contribution in [0.15, 0.2) is 0 Å². The fraction of sp³-hybridized carbons (Fsp3) is 0.692. The fourth-order valence-corrected chi connectivity index (χ4v) is 5.90. The summed E-state index contributed by atoms with van der Waals surface area (Å²) in [5.41, 5.74) is 0.689. The first kappa shape index (κ1) is 14.8. The molecule has 1 N–H and O–H groups in total. The molecule has 21 heavy (non-hydrogen) atoms. The summed E-state index contributed by atoms with van der Waals surface area (Å²) < 4.78 is 23.3. The van der Waals surface area contributed by atoms with E-state index in [0.29, 0.717) is 18.7 Å². The molecule has 0 radical (unpaired) electrons. The number of thiazole rings is 1. The highest BCUT2D eigenvalue weighted by Crippen LogP contribution is 2.39. The average molecular weight is 330 g/mol. The van der Waals surface area contributed by atoms with Gasteiger partial charge in [-0.2, -0.15) is 0 Å². The van der Waals surface area contributed by atoms with Gasteiger partial charge >= 0.3 is 5.97 Å². The van der Waals surface area contributed by atoms with Gasteiger partial charge in [0, 0.05) is 17.5 Å². The third-order valence-corrected chi connectivity index (χ3v) is 7.12. The monoisotopic (exact) mass is 330 g/mol. The number of carboxylic acid groups (broad SMARTS) is 1. The lowest BCUT2D eigenvalue weighted by molar-refractivity contribution is -0.139. The molecule has 6 nitrogen and oxygen atoms in total. The molecular weight excluding hydrogens is 312 g/mol. The third kappa shape index (κ3) is 2.78. The van der Waals surface area contributed by atoms with Crippen molar-refractivity contribution in [3.63, 3.8) is 0 Å². The minimum Gasteiger partial charge on any atom is -0.481 e. The lowest BCUT2D eigenvalue weighted by Crippen LogP contribution is -2.47. The van der Waals surface area contributed by atoms with Crippen LogP contribution in [0.1, 0.15) is 36.3 Å². The van der Waals surface area contributed by atoms with Gasteiger partial charge in [-0.1, -0.05) is 0 Å². The van der Waals surface area contributed by atoms with Crippen molar-refractivity contribution in [3.05, 3.63) is 10.6 Å². The Labute approximate surface area is 127 Å². The number of aliphatic carboxylic acids is 1. The number of hydrogen-bond acceptors (Lipinski definition) is 6. The molecule has 1 fully saturated rings. The molecule has 2 heterocycles. The molecule has 2 aliphatic rings. The summed E-state index contributed by atoms with van der Waals surface area (Å²) in [5.74, 6) is -1.05. The van der Waals surface area contributed by atoms with Crippen LogP contribution in [0.3, 0.4) is 0 Å². The fourth-order valence-electron chi connectivity index (χ4n) is 3.05. The molecule has 8 heteroatoms. The first-order chi connectivity index (χ1) is 9.87. The predicted octanol–water partition coefficient (Wildman–Crippen LogP) is 1.27. The molecule has 2 atom stereocenters. The maximum absolute atomic E-state index is 11.7. The Hall–Kier alpha value is -1.15. The number of fused-ring (bicyclic) bond motifs is 1. The largest absolute Gasteiger partial charge is 0.481 e. The van der Waals surface area contributed by atoms with E-state index in [-0.39, 0.29) is 17.5 Å². The molecule has 0 bridgehead atoms. The molecule has 0 spiro atoms. The number of aryl methyl sites for hydroxylation is 1. The number of anilines is 1. The van der Waals surface area contributed by atoms with Gasteiger partial charge in [-0.05, 0) is 26.2 Å². The summed E-state index contributed by atoms with van der Waals surface area (Å²) in [5, 5.41) is 10.1. The van der Waals surface area contributed by atoms with Gasteiger partial charge in [-0.25, -0.2) is 13.4 Å². The second-order valence-electron chi connectivity index (χ2n) is 5.74. The molecule has 1 saturated heterocycles. The molecular formula is C13H18N2O4S2. The number of carboxylic acids is 1. The van der Waals surface area contributed by atoms with Gasteiger partial charge in [0.05, 0.1) is 17.2 Å². The molecule has 0 saturated carbocycles. The van der Waals surface area contributed by atoms with E-state index in [1.54, 1.807) is 0 Å². The van der Waals surface area contributed by atoms with Gasteiger partial charge in [-0.3, -0.25) is 4.79 Å². The van der Waals surface area contributed by atoms with E-state index in [2.05, 4.69) is 4.98 Å². The second kappa shape index (κ2) is 5.24. The number of nitrogens with zero attached hydrogens (tertiary/aromatic N) is 2. The highest BCUT2D eigenvalue weighted by Gasteiger charge is 2.34. The van der Waals surface area contributed by atoms with Crippen molar-refractivity contribution in [2.24, 2.45) is 0 Å². The van der Waals surface area contributed by atoms with E-state index in [1.165, 1.54) is 11.3 Å². The van der Waals surface area contributed by atoms with E-state index in [4.69, 9.17) is 0 Å². The summed E-state index contributed by atoms with van der Waals surface area (Å²) in [7, 11) is -2.96. The molecule has 0 amide bonds. The van der Waals surface area contributed by atoms with Crippen molar-refractivity contribution < 1.29 is 18.3 Å². The van der Waals surface area contributed by atoms with E-state index >= 15 is 0 Å². The first-order valence-electron chi connectivity index (χ1n) is 7.07. The van der Waals surface area contributed by atoms with E-state index < -0.39 is 21.7 Å². The Balaban J connectivity index is 1.89. The summed E-state index contributed by atoms with van der Waals surface area (Å²) >= 11 is 1.52. The quantitative estimate of drug-likeness (QED) is 0.879. The zero-order valence-electron chi connectivity index (χ0n) is 11.8. The Morgan fingerprint density at radius 3 is 2.90 bits per heavy atom. The predicted molar refractivity (Wildman–Crippen MR) is 80.9 cm³/mol. The summed E-state index contributed by atoms with van der Waals surface area (Å²) in [6, 6.07) is -0.111. The molecule has 1 aromatic heterocycles. The van der Waals surface area contributed by atoms with Crippen LogP contribution in [0.4, 0.5) is 5.13 Å². The van der Waals surface area contributed by atoms with Crippen molar-refractivity contribution in [2.45, 2.75) is 38.1 Å². The van der Waals surface area contributed by atoms with E-state index in [0.717, 1.165) is 22.9 Å². The number of hydrogen-bond donors (Lipinski definition) is 1. The Bertz CT molecular complexity index is 668. The van der Waals surface area contributed by atoms with E-state index in [1.807, 2.05) is 11.8 Å². The Morgan fingerprint density at radius 1 is 1.48 bits per heavy atom. The van der Waals surface area contributed by atoms with Gasteiger partial charge in [0.2, 0.25) is 0 Å². The molecule has 116 valence electrons. The van der Waals surface area contributed by atoms with Gasteiger partial charge in [0.25, 0.3) is 0 Å². The van der Waals surface area contributed by atoms with E-state index in [9.17, 15) is 18.3 Å². The number of sulfone groups is 1. The van der Waals surface area contributed by atoms with Crippen molar-refractivity contribution in [1.29, 1.82) is 0 Å². The molecule has 1 aromatic rings. The van der Waals surface area contributed by atoms with Gasteiger partial charge in [-0.15, -0.1) is 11.3 Å². The Morgan fingerprint density at radius 2 is 2.24 bits per heavy atom. The number of aromatic nitrogens is 1. The Kier molecular flexibility index (Phi) is 3.69. The summed E-state index contributed by atoms with van der Waals surface area (Å²) in [4.78, 5) is 18.9. The van der Waals surface area contributed by atoms with Crippen LogP contribution in [0.5, 0.6) is 0 Å². The molecule has 0 aromatic carbocycles. The molecule has 3 rings (SSSR count). The minimum atomic E-state index is -2.96. The summed E-state index contributed by atoms with van der Waals surface area (Å²) in [6.07, 6.45) is 2.38. The van der Waals surface area contributed by atoms with Crippen molar-refractivity contribution in [2.75, 3.05) is 23.0 Å². The lowest BCUT2D eigenvalue weighted by Gasteiger charge is -2.32. The zero-order chi connectivity index (χ0) is 15.2. The molecule has 1 aliphatic carbocycles. The van der Waals surface area contributed by atoms with Crippen LogP contribution in [0.2, 0.25) is 0 Å². The van der Waals surface area contributed by atoms with Crippen LogP contribution in [-0.2, 0) is 21.1 Å². The van der Waals surface area contributed by atoms with Crippen LogP contribution in [-0.4, -0.2) is 48.6 Å². The minimum absolute atomic E-state index is 0.111. The highest BCUT2D eigenvalue weighted by molar-refractivity contribution is 7.91. The normalized spacial score (nSPS) is 28.1. The first-order valence-corrected chi connectivity index (χ1v) is 9.70. The van der Waals surface area contributed by atoms with Crippen LogP contribution in [0.25, 0.3) is 0 Å². The number of rotatable bonds is 2.